The topological polar surface area (TPSA) is 52.1 Å². The summed E-state index contributed by atoms with van der Waals surface area (Å²) in [5.41, 5.74) is 2.06. The summed E-state index contributed by atoms with van der Waals surface area (Å²) in [5, 5.41) is 0. The first-order valence-electron chi connectivity index (χ1n) is 9.31. The Balaban J connectivity index is 1.87. The summed E-state index contributed by atoms with van der Waals surface area (Å²) >= 11 is 0. The van der Waals surface area contributed by atoms with Crippen LogP contribution in [0, 0.1) is 0 Å². The number of esters is 1. The van der Waals surface area contributed by atoms with E-state index < -0.39 is 5.97 Å². The fourth-order valence-corrected chi connectivity index (χ4v) is 2.76. The first-order chi connectivity index (χ1) is 12.2. The third kappa shape index (κ3) is 6.29. The van der Waals surface area contributed by atoms with Gasteiger partial charge in [0.15, 0.2) is 0 Å². The van der Waals surface area contributed by atoms with Gasteiger partial charge in [-0.2, -0.15) is 0 Å². The minimum absolute atomic E-state index is 0.129. The van der Waals surface area contributed by atoms with Crippen LogP contribution in [0.4, 0.5) is 0 Å². The lowest BCUT2D eigenvalue weighted by molar-refractivity contribution is 0.0273. The van der Waals surface area contributed by atoms with E-state index >= 15 is 0 Å². The van der Waals surface area contributed by atoms with E-state index in [2.05, 4.69) is 16.9 Å². The molecule has 4 nitrogen and oxygen atoms in total. The van der Waals surface area contributed by atoms with E-state index in [4.69, 9.17) is 4.74 Å². The minimum Gasteiger partial charge on any atom is -0.452 e. The highest BCUT2D eigenvalue weighted by molar-refractivity contribution is 5.85. The molecule has 1 aromatic carbocycles. The summed E-state index contributed by atoms with van der Waals surface area (Å²) in [7, 11) is 0. The van der Waals surface area contributed by atoms with Gasteiger partial charge in [-0.05, 0) is 30.4 Å². The Morgan fingerprint density at radius 2 is 1.68 bits per heavy atom. The molecule has 0 spiro atoms. The molecule has 0 saturated heterocycles. The molecule has 0 radical (unpaired) electrons. The van der Waals surface area contributed by atoms with Gasteiger partial charge in [-0.3, -0.25) is 0 Å². The average molecular weight is 340 g/mol. The van der Waals surface area contributed by atoms with Crippen molar-refractivity contribution in [3.63, 3.8) is 0 Å². The van der Waals surface area contributed by atoms with Gasteiger partial charge in [-0.1, -0.05) is 69.9 Å². The quantitative estimate of drug-likeness (QED) is 0.435. The highest BCUT2D eigenvalue weighted by Crippen LogP contribution is 2.21. The molecule has 2 rings (SSSR count). The van der Waals surface area contributed by atoms with Gasteiger partial charge in [0.25, 0.3) is 0 Å². The van der Waals surface area contributed by atoms with Crippen molar-refractivity contribution < 1.29 is 9.53 Å². The number of nitrogens with zero attached hydrogens (tertiary/aromatic N) is 2. The predicted molar refractivity (Wildman–Crippen MR) is 99.4 cm³/mol. The van der Waals surface area contributed by atoms with Crippen molar-refractivity contribution in [1.29, 1.82) is 0 Å². The Labute approximate surface area is 150 Å². The van der Waals surface area contributed by atoms with E-state index in [1.807, 2.05) is 37.3 Å². The summed E-state index contributed by atoms with van der Waals surface area (Å²) < 4.78 is 5.57. The molecular formula is C21H28N2O2. The normalized spacial score (nSPS) is 11.9. The minimum atomic E-state index is -0.467. The van der Waals surface area contributed by atoms with Gasteiger partial charge in [0, 0.05) is 12.4 Å². The number of aryl methyl sites for hydroxylation is 1. The molecule has 1 heterocycles. The second-order valence-electron chi connectivity index (χ2n) is 6.29. The molecule has 1 unspecified atom stereocenters. The number of aromatic nitrogens is 2. The molecule has 2 aromatic rings. The number of hydrogen-bond donors (Lipinski definition) is 0. The second kappa shape index (κ2) is 10.6. The number of ether oxygens (including phenoxy) is 1. The number of rotatable bonds is 10. The molecule has 0 aliphatic rings. The monoisotopic (exact) mass is 340 g/mol. The van der Waals surface area contributed by atoms with Crippen LogP contribution < -0.4 is 0 Å². The van der Waals surface area contributed by atoms with E-state index in [1.54, 1.807) is 12.4 Å². The number of hydrogen-bond acceptors (Lipinski definition) is 4. The van der Waals surface area contributed by atoms with Crippen LogP contribution in [0.25, 0.3) is 0 Å². The molecule has 4 heteroatoms. The molecule has 0 fully saturated rings. The fourth-order valence-electron chi connectivity index (χ4n) is 2.76. The maximum atomic E-state index is 12.3. The summed E-state index contributed by atoms with van der Waals surface area (Å²) in [5.74, 6) is -0.339. The van der Waals surface area contributed by atoms with Crippen LogP contribution in [0.1, 0.15) is 80.2 Å². The van der Waals surface area contributed by atoms with Crippen molar-refractivity contribution in [2.24, 2.45) is 0 Å². The summed E-state index contributed by atoms with van der Waals surface area (Å²) in [6.45, 7) is 4.21. The average Bonchev–Trinajstić information content (AvgIpc) is 2.67. The maximum absolute atomic E-state index is 12.3. The number of benzene rings is 1. The number of carbonyl (C=O) groups excluding carboxylic acids is 1. The van der Waals surface area contributed by atoms with E-state index in [9.17, 15) is 4.79 Å². The highest BCUT2D eigenvalue weighted by atomic mass is 16.5. The molecule has 0 aliphatic carbocycles. The molecule has 0 bridgehead atoms. The van der Waals surface area contributed by atoms with Crippen molar-refractivity contribution in [1.82, 2.24) is 9.97 Å². The Morgan fingerprint density at radius 3 is 2.32 bits per heavy atom. The summed E-state index contributed by atoms with van der Waals surface area (Å²) in [6, 6.07) is 9.76. The van der Waals surface area contributed by atoms with E-state index in [0.717, 1.165) is 24.0 Å². The lowest BCUT2D eigenvalue weighted by Crippen LogP contribution is -2.14. The number of unbranched alkanes of at least 4 members (excludes halogenated alkanes) is 4. The zero-order valence-electron chi connectivity index (χ0n) is 15.3. The molecule has 134 valence electrons. The van der Waals surface area contributed by atoms with Crippen molar-refractivity contribution in [3.8, 4) is 0 Å². The zero-order chi connectivity index (χ0) is 17.9. The molecule has 0 N–H and O–H groups in total. The van der Waals surface area contributed by atoms with Crippen LogP contribution in [-0.2, 0) is 11.2 Å². The lowest BCUT2D eigenvalue weighted by atomic mass is 10.1. The lowest BCUT2D eigenvalue weighted by Gasteiger charge is -2.15. The van der Waals surface area contributed by atoms with Gasteiger partial charge in [0.2, 0.25) is 5.82 Å². The molecule has 1 aromatic heterocycles. The Kier molecular flexibility index (Phi) is 8.10. The van der Waals surface area contributed by atoms with E-state index in [-0.39, 0.29) is 11.9 Å². The number of carbonyl (C=O) groups is 1. The Bertz CT molecular complexity index is 626. The van der Waals surface area contributed by atoms with Gasteiger partial charge in [0.1, 0.15) is 6.10 Å². The van der Waals surface area contributed by atoms with Crippen LogP contribution >= 0.6 is 0 Å². The maximum Gasteiger partial charge on any atom is 0.376 e. The third-order valence-corrected chi connectivity index (χ3v) is 4.25. The molecule has 0 aliphatic heterocycles. The van der Waals surface area contributed by atoms with Crippen LogP contribution in [0.3, 0.4) is 0 Å². The fraction of sp³-hybridized carbons (Fsp3) is 0.476. The SMILES string of the molecule is CCCCCCCc1cnc(C(=O)OC(CC)c2ccccc2)nc1. The van der Waals surface area contributed by atoms with Crippen molar-refractivity contribution in [3.05, 3.63) is 59.7 Å². The van der Waals surface area contributed by atoms with Crippen LogP contribution in [0.15, 0.2) is 42.7 Å². The molecular weight excluding hydrogens is 312 g/mol. The summed E-state index contributed by atoms with van der Waals surface area (Å²) in [4.78, 5) is 20.7. The van der Waals surface area contributed by atoms with Gasteiger partial charge in [0.05, 0.1) is 0 Å². The molecule has 25 heavy (non-hydrogen) atoms. The highest BCUT2D eigenvalue weighted by Gasteiger charge is 2.18. The van der Waals surface area contributed by atoms with Gasteiger partial charge in [-0.15, -0.1) is 0 Å². The van der Waals surface area contributed by atoms with Gasteiger partial charge in [-0.25, -0.2) is 14.8 Å². The molecule has 0 saturated carbocycles. The predicted octanol–water partition coefficient (Wildman–Crippen LogP) is 5.30. The van der Waals surface area contributed by atoms with Crippen LogP contribution in [0.5, 0.6) is 0 Å². The van der Waals surface area contributed by atoms with Gasteiger partial charge >= 0.3 is 5.97 Å². The third-order valence-electron chi connectivity index (χ3n) is 4.25. The van der Waals surface area contributed by atoms with Crippen molar-refractivity contribution >= 4 is 5.97 Å². The molecule has 0 amide bonds. The Hall–Kier alpha value is -2.23. The second-order valence-corrected chi connectivity index (χ2v) is 6.29. The first kappa shape index (κ1) is 19.1. The molecule has 1 atom stereocenters. The van der Waals surface area contributed by atoms with Crippen molar-refractivity contribution in [2.45, 2.75) is 64.9 Å². The first-order valence-corrected chi connectivity index (χ1v) is 9.31. The smallest absolute Gasteiger partial charge is 0.376 e. The van der Waals surface area contributed by atoms with E-state index in [0.29, 0.717) is 6.42 Å². The standard InChI is InChI=1S/C21H28N2O2/c1-3-5-6-7-9-12-17-15-22-20(23-16-17)21(24)25-19(4-2)18-13-10-8-11-14-18/h8,10-11,13-16,19H,3-7,9,12H2,1-2H3. The Morgan fingerprint density at radius 1 is 1.00 bits per heavy atom. The largest absolute Gasteiger partial charge is 0.452 e. The summed E-state index contributed by atoms with van der Waals surface area (Å²) in [6.07, 6.45) is 11.1. The van der Waals surface area contributed by atoms with Crippen LogP contribution in [0.2, 0.25) is 0 Å². The zero-order valence-corrected chi connectivity index (χ0v) is 15.3. The van der Waals surface area contributed by atoms with Crippen molar-refractivity contribution in [2.75, 3.05) is 0 Å². The van der Waals surface area contributed by atoms with E-state index in [1.165, 1.54) is 25.7 Å². The van der Waals surface area contributed by atoms with Gasteiger partial charge < -0.3 is 4.74 Å². The van der Waals surface area contributed by atoms with Crippen LogP contribution in [-0.4, -0.2) is 15.9 Å².